The zero-order valence-electron chi connectivity index (χ0n) is 11.2. The molecular formula is C10H18N2O7S. The summed E-state index contributed by atoms with van der Waals surface area (Å²) in [5.41, 5.74) is 0. The van der Waals surface area contributed by atoms with Gasteiger partial charge in [0.2, 0.25) is 0 Å². The average Bonchev–Trinajstić information content (AvgIpc) is 2.29. The van der Waals surface area contributed by atoms with Gasteiger partial charge in [0, 0.05) is 26.3 Å². The largest absolute Gasteiger partial charge is 0.481 e. The minimum absolute atomic E-state index is 0.0874. The van der Waals surface area contributed by atoms with Crippen molar-refractivity contribution < 1.29 is 33.0 Å². The lowest BCUT2D eigenvalue weighted by atomic mass is 10.1. The number of aliphatic carboxylic acids is 2. The number of sulfone groups is 1. The van der Waals surface area contributed by atoms with Crippen LogP contribution in [0.4, 0.5) is 4.79 Å². The van der Waals surface area contributed by atoms with E-state index in [0.29, 0.717) is 0 Å². The van der Waals surface area contributed by atoms with Crippen LogP contribution in [0.5, 0.6) is 0 Å². The first kappa shape index (κ1) is 18.2. The standard InChI is InChI=1S/C10H18N2O7S/c1-12(5-6-20(2,18)19)10(17)11-7(9(15)16)3-4-8(13)14/h7H,3-6H2,1-2H3,(H,11,17)(H,13,14)(H,15,16)/t7-/m0/s1. The van der Waals surface area contributed by atoms with Gasteiger partial charge in [0.25, 0.3) is 0 Å². The van der Waals surface area contributed by atoms with Crippen molar-refractivity contribution in [2.75, 3.05) is 25.6 Å². The predicted octanol–water partition coefficient (Wildman–Crippen LogP) is -1.01. The molecule has 0 rings (SSSR count). The first-order valence-electron chi connectivity index (χ1n) is 5.67. The number of carbonyl (C=O) groups excluding carboxylic acids is 1. The van der Waals surface area contributed by atoms with E-state index in [-0.39, 0.29) is 18.7 Å². The fraction of sp³-hybridized carbons (Fsp3) is 0.700. The molecule has 0 aromatic rings. The molecule has 0 aliphatic heterocycles. The minimum Gasteiger partial charge on any atom is -0.481 e. The van der Waals surface area contributed by atoms with Crippen LogP contribution in [0.1, 0.15) is 12.8 Å². The highest BCUT2D eigenvalue weighted by Crippen LogP contribution is 2.00. The zero-order valence-corrected chi connectivity index (χ0v) is 12.0. The lowest BCUT2D eigenvalue weighted by Crippen LogP contribution is -2.47. The third-order valence-corrected chi connectivity index (χ3v) is 3.31. The molecular weight excluding hydrogens is 292 g/mol. The Labute approximate surface area is 116 Å². The molecule has 2 amide bonds. The van der Waals surface area contributed by atoms with Crippen molar-refractivity contribution in [3.63, 3.8) is 0 Å². The second-order valence-corrected chi connectivity index (χ2v) is 6.58. The van der Waals surface area contributed by atoms with Gasteiger partial charge in [0.1, 0.15) is 15.9 Å². The summed E-state index contributed by atoms with van der Waals surface area (Å²) in [6.45, 7) is -0.0874. The van der Waals surface area contributed by atoms with Gasteiger partial charge < -0.3 is 20.4 Å². The maximum Gasteiger partial charge on any atom is 0.326 e. The Kier molecular flexibility index (Phi) is 6.97. The van der Waals surface area contributed by atoms with Crippen LogP contribution < -0.4 is 5.32 Å². The third kappa shape index (κ3) is 8.29. The third-order valence-electron chi connectivity index (χ3n) is 2.39. The van der Waals surface area contributed by atoms with Crippen molar-refractivity contribution in [1.82, 2.24) is 10.2 Å². The molecule has 0 aromatic carbocycles. The Bertz CT molecular complexity index is 474. The van der Waals surface area contributed by atoms with Crippen LogP contribution in [0.25, 0.3) is 0 Å². The lowest BCUT2D eigenvalue weighted by molar-refractivity contribution is -0.140. The van der Waals surface area contributed by atoms with Gasteiger partial charge in [-0.1, -0.05) is 0 Å². The Balaban J connectivity index is 4.44. The van der Waals surface area contributed by atoms with Crippen LogP contribution in [0.3, 0.4) is 0 Å². The SMILES string of the molecule is CN(CCS(C)(=O)=O)C(=O)N[C@@H](CCC(=O)O)C(=O)O. The number of rotatable bonds is 8. The van der Waals surface area contributed by atoms with Crippen LogP contribution in [0.15, 0.2) is 0 Å². The van der Waals surface area contributed by atoms with Crippen molar-refractivity contribution in [1.29, 1.82) is 0 Å². The predicted molar refractivity (Wildman–Crippen MR) is 69.2 cm³/mol. The molecule has 0 aromatic heterocycles. The first-order chi connectivity index (χ1) is 9.03. The van der Waals surface area contributed by atoms with Gasteiger partial charge in [-0.15, -0.1) is 0 Å². The molecule has 0 heterocycles. The fourth-order valence-corrected chi connectivity index (χ4v) is 1.79. The maximum atomic E-state index is 11.6. The average molecular weight is 310 g/mol. The van der Waals surface area contributed by atoms with E-state index in [0.717, 1.165) is 11.2 Å². The number of carboxylic acids is 2. The van der Waals surface area contributed by atoms with Crippen molar-refractivity contribution in [2.45, 2.75) is 18.9 Å². The molecule has 116 valence electrons. The topological polar surface area (TPSA) is 141 Å². The van der Waals surface area contributed by atoms with Gasteiger partial charge in [-0.05, 0) is 6.42 Å². The molecule has 0 spiro atoms. The highest BCUT2D eigenvalue weighted by molar-refractivity contribution is 7.90. The summed E-state index contributed by atoms with van der Waals surface area (Å²) in [5.74, 6) is -2.77. The molecule has 3 N–H and O–H groups in total. The summed E-state index contributed by atoms with van der Waals surface area (Å²) in [4.78, 5) is 33.9. The number of nitrogens with zero attached hydrogens (tertiary/aromatic N) is 1. The molecule has 0 unspecified atom stereocenters. The first-order valence-corrected chi connectivity index (χ1v) is 7.73. The highest BCUT2D eigenvalue weighted by atomic mass is 32.2. The Morgan fingerprint density at radius 2 is 1.80 bits per heavy atom. The molecule has 10 heteroatoms. The molecule has 9 nitrogen and oxygen atoms in total. The second kappa shape index (κ2) is 7.68. The number of carbonyl (C=O) groups is 3. The molecule has 0 radical (unpaired) electrons. The molecule has 0 saturated heterocycles. The molecule has 0 aliphatic carbocycles. The number of carboxylic acid groups (broad SMARTS) is 2. The van der Waals surface area contributed by atoms with E-state index >= 15 is 0 Å². The van der Waals surface area contributed by atoms with Crippen molar-refractivity contribution in [3.05, 3.63) is 0 Å². The van der Waals surface area contributed by atoms with Gasteiger partial charge in [-0.3, -0.25) is 4.79 Å². The Hall–Kier alpha value is -1.84. The normalized spacial score (nSPS) is 12.5. The number of urea groups is 1. The summed E-state index contributed by atoms with van der Waals surface area (Å²) < 4.78 is 21.9. The highest BCUT2D eigenvalue weighted by Gasteiger charge is 2.22. The summed E-state index contributed by atoms with van der Waals surface area (Å²) in [6.07, 6.45) is 0.367. The van der Waals surface area contributed by atoms with E-state index < -0.39 is 40.3 Å². The molecule has 0 bridgehead atoms. The van der Waals surface area contributed by atoms with Crippen LogP contribution in [0, 0.1) is 0 Å². The fourth-order valence-electron chi connectivity index (χ4n) is 1.19. The summed E-state index contributed by atoms with van der Waals surface area (Å²) in [7, 11) is -1.92. The second-order valence-electron chi connectivity index (χ2n) is 4.32. The van der Waals surface area contributed by atoms with Crippen molar-refractivity contribution in [2.24, 2.45) is 0 Å². The monoisotopic (exact) mass is 310 g/mol. The van der Waals surface area contributed by atoms with E-state index in [2.05, 4.69) is 5.32 Å². The Morgan fingerprint density at radius 1 is 1.25 bits per heavy atom. The van der Waals surface area contributed by atoms with Gasteiger partial charge >= 0.3 is 18.0 Å². The van der Waals surface area contributed by atoms with Gasteiger partial charge in [-0.2, -0.15) is 0 Å². The Morgan fingerprint density at radius 3 is 2.20 bits per heavy atom. The van der Waals surface area contributed by atoms with Crippen molar-refractivity contribution >= 4 is 27.8 Å². The van der Waals surface area contributed by atoms with E-state index in [1.165, 1.54) is 7.05 Å². The zero-order chi connectivity index (χ0) is 15.9. The van der Waals surface area contributed by atoms with Crippen LogP contribution in [-0.2, 0) is 19.4 Å². The smallest absolute Gasteiger partial charge is 0.326 e. The maximum absolute atomic E-state index is 11.6. The number of hydrogen-bond donors (Lipinski definition) is 3. The minimum atomic E-state index is -3.23. The summed E-state index contributed by atoms with van der Waals surface area (Å²) in [6, 6.07) is -2.11. The lowest BCUT2D eigenvalue weighted by Gasteiger charge is -2.20. The van der Waals surface area contributed by atoms with E-state index in [4.69, 9.17) is 10.2 Å². The van der Waals surface area contributed by atoms with Crippen LogP contribution in [0.2, 0.25) is 0 Å². The molecule has 0 saturated carbocycles. The van der Waals surface area contributed by atoms with Gasteiger partial charge in [0.15, 0.2) is 0 Å². The molecule has 0 aliphatic rings. The molecule has 1 atom stereocenters. The summed E-state index contributed by atoms with van der Waals surface area (Å²) in [5, 5.41) is 19.5. The van der Waals surface area contributed by atoms with Gasteiger partial charge in [-0.25, -0.2) is 18.0 Å². The number of amides is 2. The van der Waals surface area contributed by atoms with Crippen LogP contribution >= 0.6 is 0 Å². The van der Waals surface area contributed by atoms with E-state index in [9.17, 15) is 22.8 Å². The van der Waals surface area contributed by atoms with E-state index in [1.54, 1.807) is 0 Å². The van der Waals surface area contributed by atoms with Gasteiger partial charge in [0.05, 0.1) is 5.75 Å². The van der Waals surface area contributed by atoms with Crippen molar-refractivity contribution in [3.8, 4) is 0 Å². The van der Waals surface area contributed by atoms with Crippen LogP contribution in [-0.4, -0.2) is 73.1 Å². The quantitative estimate of drug-likeness (QED) is 0.521. The molecule has 0 fully saturated rings. The number of hydrogen-bond acceptors (Lipinski definition) is 5. The molecule has 20 heavy (non-hydrogen) atoms. The van der Waals surface area contributed by atoms with E-state index in [1.807, 2.05) is 0 Å². The number of nitrogens with one attached hydrogen (secondary N) is 1. The summed E-state index contributed by atoms with van der Waals surface area (Å²) >= 11 is 0.